The molecule has 0 saturated heterocycles. The van der Waals surface area contributed by atoms with Crippen LogP contribution in [0.15, 0.2) is 48.5 Å². The summed E-state index contributed by atoms with van der Waals surface area (Å²) in [6.07, 6.45) is 9.97. The van der Waals surface area contributed by atoms with Crippen molar-refractivity contribution in [2.75, 3.05) is 13.7 Å². The Morgan fingerprint density at radius 3 is 1.74 bits per heavy atom. The predicted molar refractivity (Wildman–Crippen MR) is 162 cm³/mol. The van der Waals surface area contributed by atoms with Gasteiger partial charge in [0.25, 0.3) is 0 Å². The lowest BCUT2D eigenvalue weighted by atomic mass is 10.0. The molecule has 39 heavy (non-hydrogen) atoms. The number of aliphatic hydroxyl groups is 1. The van der Waals surface area contributed by atoms with Gasteiger partial charge < -0.3 is 10.4 Å². The van der Waals surface area contributed by atoms with E-state index in [1.165, 1.54) is 58.1 Å². The molecular weight excluding hydrogens is 486 g/mol. The summed E-state index contributed by atoms with van der Waals surface area (Å²) < 4.78 is 0. The summed E-state index contributed by atoms with van der Waals surface area (Å²) in [4.78, 5) is 32.4. The molecule has 0 aliphatic heterocycles. The van der Waals surface area contributed by atoms with E-state index in [1.807, 2.05) is 50.2 Å². The van der Waals surface area contributed by atoms with Gasteiger partial charge in [0.05, 0.1) is 5.92 Å². The van der Waals surface area contributed by atoms with Crippen molar-refractivity contribution in [3.8, 4) is 11.8 Å². The topological polar surface area (TPSA) is 83.5 Å². The number of amides is 1. The molecule has 1 aliphatic rings. The van der Waals surface area contributed by atoms with Crippen LogP contribution in [0.3, 0.4) is 0 Å². The number of hydrogen-bond donors (Lipinski definition) is 2. The maximum atomic E-state index is 11.2. The average molecular weight is 536 g/mol. The molecule has 1 atom stereocenters. The largest absolute Gasteiger partial charge is 0.389 e. The minimum Gasteiger partial charge on any atom is -0.389 e. The minimum absolute atomic E-state index is 0.0784. The third-order valence-corrected chi connectivity index (χ3v) is 6.43. The van der Waals surface area contributed by atoms with Crippen LogP contribution in [0.5, 0.6) is 0 Å². The SMILES string of the molecule is CC.CC1CCCCCC1.CCc1ccc(C#Cc2ccc(C(C)=O)cc2)cc1.CNC(=O)C(C)C(=O)CO. The smallest absolute Gasteiger partial charge is 0.230 e. The van der Waals surface area contributed by atoms with Gasteiger partial charge in [0.15, 0.2) is 11.6 Å². The Balaban J connectivity index is 0.000000606. The summed E-state index contributed by atoms with van der Waals surface area (Å²) in [5.74, 6) is 5.77. The second kappa shape index (κ2) is 21.7. The lowest BCUT2D eigenvalue weighted by Gasteiger charge is -2.04. The summed E-state index contributed by atoms with van der Waals surface area (Å²) >= 11 is 0. The van der Waals surface area contributed by atoms with Crippen molar-refractivity contribution in [3.05, 3.63) is 70.8 Å². The van der Waals surface area contributed by atoms with Gasteiger partial charge in [-0.05, 0) is 56.0 Å². The molecule has 214 valence electrons. The van der Waals surface area contributed by atoms with E-state index in [2.05, 4.69) is 43.1 Å². The van der Waals surface area contributed by atoms with Crippen LogP contribution in [-0.2, 0) is 16.0 Å². The molecule has 5 nitrogen and oxygen atoms in total. The van der Waals surface area contributed by atoms with Crippen LogP contribution in [0.4, 0.5) is 0 Å². The zero-order chi connectivity index (χ0) is 29.6. The summed E-state index contributed by atoms with van der Waals surface area (Å²) in [5.41, 5.74) is 3.96. The Morgan fingerprint density at radius 1 is 0.897 bits per heavy atom. The highest BCUT2D eigenvalue weighted by atomic mass is 16.3. The molecule has 1 fully saturated rings. The first kappa shape index (κ1) is 35.8. The molecular formula is C34H49NO4. The molecule has 3 rings (SSSR count). The molecule has 2 N–H and O–H groups in total. The maximum absolute atomic E-state index is 11.2. The molecule has 0 radical (unpaired) electrons. The lowest BCUT2D eigenvalue weighted by Crippen LogP contribution is -2.32. The number of Topliss-reactive ketones (excluding diaryl/α,β-unsaturated/α-hetero) is 2. The van der Waals surface area contributed by atoms with Gasteiger partial charge in [0.1, 0.15) is 6.61 Å². The summed E-state index contributed by atoms with van der Waals surface area (Å²) in [6, 6.07) is 15.7. The van der Waals surface area contributed by atoms with Crippen LogP contribution in [0, 0.1) is 23.7 Å². The van der Waals surface area contributed by atoms with E-state index in [0.717, 1.165) is 29.0 Å². The average Bonchev–Trinajstić information content (AvgIpc) is 3.24. The van der Waals surface area contributed by atoms with Crippen molar-refractivity contribution in [3.63, 3.8) is 0 Å². The number of aryl methyl sites for hydroxylation is 1. The molecule has 0 aromatic heterocycles. The van der Waals surface area contributed by atoms with Gasteiger partial charge in [-0.2, -0.15) is 0 Å². The highest BCUT2D eigenvalue weighted by Crippen LogP contribution is 2.21. The quantitative estimate of drug-likeness (QED) is 0.191. The van der Waals surface area contributed by atoms with E-state index in [1.54, 1.807) is 6.92 Å². The molecule has 5 heteroatoms. The molecule has 0 spiro atoms. The third-order valence-electron chi connectivity index (χ3n) is 6.43. The van der Waals surface area contributed by atoms with Crippen molar-refractivity contribution >= 4 is 17.5 Å². The van der Waals surface area contributed by atoms with Gasteiger partial charge in [-0.3, -0.25) is 14.4 Å². The van der Waals surface area contributed by atoms with E-state index in [9.17, 15) is 14.4 Å². The highest BCUT2D eigenvalue weighted by molar-refractivity contribution is 6.01. The zero-order valence-corrected chi connectivity index (χ0v) is 25.1. The molecule has 2 aromatic carbocycles. The Kier molecular flexibility index (Phi) is 19.9. The summed E-state index contributed by atoms with van der Waals surface area (Å²) in [7, 11) is 1.45. The molecule has 0 bridgehead atoms. The Bertz CT molecular complexity index is 1010. The summed E-state index contributed by atoms with van der Waals surface area (Å²) in [6.45, 7) is 11.0. The van der Waals surface area contributed by atoms with Crippen LogP contribution in [0.25, 0.3) is 0 Å². The van der Waals surface area contributed by atoms with Crippen LogP contribution in [-0.4, -0.2) is 36.2 Å². The van der Waals surface area contributed by atoms with Crippen LogP contribution >= 0.6 is 0 Å². The van der Waals surface area contributed by atoms with Crippen molar-refractivity contribution in [1.29, 1.82) is 0 Å². The van der Waals surface area contributed by atoms with E-state index < -0.39 is 18.3 Å². The van der Waals surface area contributed by atoms with Crippen LogP contribution in [0.1, 0.15) is 107 Å². The highest BCUT2D eigenvalue weighted by Gasteiger charge is 2.18. The fraction of sp³-hybridized carbons (Fsp3) is 0.500. The minimum atomic E-state index is -0.741. The van der Waals surface area contributed by atoms with Crippen molar-refractivity contribution < 1.29 is 19.5 Å². The fourth-order valence-electron chi connectivity index (χ4n) is 3.74. The Labute approximate surface area is 236 Å². The zero-order valence-electron chi connectivity index (χ0n) is 25.1. The number of aliphatic hydroxyl groups excluding tert-OH is 1. The van der Waals surface area contributed by atoms with Gasteiger partial charge in [-0.15, -0.1) is 0 Å². The van der Waals surface area contributed by atoms with Crippen LogP contribution < -0.4 is 5.32 Å². The van der Waals surface area contributed by atoms with Crippen LogP contribution in [0.2, 0.25) is 0 Å². The first-order valence-electron chi connectivity index (χ1n) is 14.3. The summed E-state index contributed by atoms with van der Waals surface area (Å²) in [5, 5.41) is 10.6. The third kappa shape index (κ3) is 15.7. The van der Waals surface area contributed by atoms with Crippen molar-refractivity contribution in [2.24, 2.45) is 11.8 Å². The maximum Gasteiger partial charge on any atom is 0.230 e. The number of carbonyl (C=O) groups is 3. The van der Waals surface area contributed by atoms with Gasteiger partial charge >= 0.3 is 0 Å². The second-order valence-corrected chi connectivity index (χ2v) is 9.49. The van der Waals surface area contributed by atoms with Gasteiger partial charge in [-0.25, -0.2) is 0 Å². The first-order chi connectivity index (χ1) is 18.7. The fourth-order valence-corrected chi connectivity index (χ4v) is 3.74. The van der Waals surface area contributed by atoms with E-state index in [4.69, 9.17) is 5.11 Å². The van der Waals surface area contributed by atoms with E-state index >= 15 is 0 Å². The molecule has 0 heterocycles. The van der Waals surface area contributed by atoms with E-state index in [-0.39, 0.29) is 11.7 Å². The van der Waals surface area contributed by atoms with E-state index in [0.29, 0.717) is 0 Å². The monoisotopic (exact) mass is 535 g/mol. The second-order valence-electron chi connectivity index (χ2n) is 9.49. The Hall–Kier alpha value is -3.23. The number of benzene rings is 2. The van der Waals surface area contributed by atoms with Gasteiger partial charge in [0.2, 0.25) is 5.91 Å². The molecule has 2 aromatic rings. The number of rotatable bonds is 5. The molecule has 1 aliphatic carbocycles. The normalized spacial score (nSPS) is 13.1. The first-order valence-corrected chi connectivity index (χ1v) is 14.3. The van der Waals surface area contributed by atoms with Gasteiger partial charge in [0, 0.05) is 23.7 Å². The number of hydrogen-bond acceptors (Lipinski definition) is 4. The predicted octanol–water partition coefficient (Wildman–Crippen LogP) is 6.78. The molecule has 1 saturated carbocycles. The van der Waals surface area contributed by atoms with Crippen molar-refractivity contribution in [2.45, 2.75) is 86.5 Å². The number of carbonyl (C=O) groups excluding carboxylic acids is 3. The Morgan fingerprint density at radius 2 is 1.36 bits per heavy atom. The standard InChI is InChI=1S/C18H16O.C8H16.C6H11NO3.C2H6/c1-3-15-4-6-16(7-5-15)8-9-17-10-12-18(13-11-17)14(2)19;1-8-6-4-2-3-5-7-8;1-4(5(9)3-8)6(10)7-2;1-2/h4-7,10-13H,3H2,1-2H3;8H,2-7H2,1H3;4,8H,3H2,1-2H3,(H,7,10);1-2H3. The number of ketones is 2. The molecule has 1 amide bonds. The molecule has 1 unspecified atom stereocenters. The van der Waals surface area contributed by atoms with Gasteiger partial charge in [-0.1, -0.05) is 102 Å². The number of nitrogens with one attached hydrogen (secondary N) is 1. The lowest BCUT2D eigenvalue weighted by molar-refractivity contribution is -0.134. The van der Waals surface area contributed by atoms with Crippen molar-refractivity contribution in [1.82, 2.24) is 5.32 Å².